The highest BCUT2D eigenvalue weighted by Gasteiger charge is 2.21. The van der Waals surface area contributed by atoms with Crippen molar-refractivity contribution in [2.75, 3.05) is 42.8 Å². The van der Waals surface area contributed by atoms with Crippen molar-refractivity contribution in [1.82, 2.24) is 9.97 Å². The van der Waals surface area contributed by atoms with E-state index < -0.39 is 0 Å². The minimum atomic E-state index is 0.373. The molecule has 1 aromatic heterocycles. The molecule has 3 rings (SSSR count). The van der Waals surface area contributed by atoms with Crippen molar-refractivity contribution < 1.29 is 4.74 Å². The van der Waals surface area contributed by atoms with Crippen LogP contribution in [0.1, 0.15) is 12.8 Å². The maximum absolute atomic E-state index is 6.10. The fourth-order valence-electron chi connectivity index (χ4n) is 2.96. The molecule has 0 amide bonds. The van der Waals surface area contributed by atoms with Crippen molar-refractivity contribution in [2.45, 2.75) is 18.9 Å². The Kier molecular flexibility index (Phi) is 5.25. The van der Waals surface area contributed by atoms with E-state index in [-0.39, 0.29) is 0 Å². The van der Waals surface area contributed by atoms with Crippen molar-refractivity contribution in [3.8, 4) is 5.75 Å². The van der Waals surface area contributed by atoms with E-state index in [1.165, 1.54) is 12.0 Å². The van der Waals surface area contributed by atoms with Crippen molar-refractivity contribution in [1.29, 1.82) is 0 Å². The van der Waals surface area contributed by atoms with Gasteiger partial charge in [-0.25, -0.2) is 9.97 Å². The number of hydrogen-bond acceptors (Lipinski definition) is 6. The fraction of sp³-hybridized carbons (Fsp3) is 0.412. The Morgan fingerprint density at radius 2 is 1.88 bits per heavy atom. The monoisotopic (exact) mass is 347 g/mol. The summed E-state index contributed by atoms with van der Waals surface area (Å²) in [7, 11) is 3.51. The summed E-state index contributed by atoms with van der Waals surface area (Å²) in [5, 5.41) is 6.98. The second-order valence-corrected chi connectivity index (χ2v) is 6.10. The maximum Gasteiger partial charge on any atom is 0.157 e. The summed E-state index contributed by atoms with van der Waals surface area (Å²) in [6.45, 7) is 2.00. The van der Waals surface area contributed by atoms with E-state index >= 15 is 0 Å². The largest absolute Gasteiger partial charge is 0.497 e. The molecular weight excluding hydrogens is 326 g/mol. The normalized spacial score (nSPS) is 15.2. The standard InChI is InChI=1S/C17H22ClN5O/c1-19-15-16(18)20-11-21-17(15)22-12-7-9-23(10-8-12)13-3-5-14(24-2)6-4-13/h3-6,11-12,19H,7-10H2,1-2H3,(H,20,21,22). The van der Waals surface area contributed by atoms with Gasteiger partial charge in [0.1, 0.15) is 17.8 Å². The lowest BCUT2D eigenvalue weighted by Crippen LogP contribution is -2.39. The first-order chi connectivity index (χ1) is 11.7. The predicted octanol–water partition coefficient (Wildman–Crippen LogP) is 3.26. The number of anilines is 3. The molecule has 0 radical (unpaired) electrons. The molecule has 2 aromatic rings. The molecule has 24 heavy (non-hydrogen) atoms. The second kappa shape index (κ2) is 7.57. The minimum absolute atomic E-state index is 0.373. The van der Waals surface area contributed by atoms with Crippen molar-refractivity contribution >= 4 is 28.8 Å². The van der Waals surface area contributed by atoms with Crippen LogP contribution in [0.4, 0.5) is 17.2 Å². The van der Waals surface area contributed by atoms with Gasteiger partial charge in [-0.3, -0.25) is 0 Å². The van der Waals surface area contributed by atoms with Crippen molar-refractivity contribution in [3.05, 3.63) is 35.7 Å². The Morgan fingerprint density at radius 3 is 2.50 bits per heavy atom. The van der Waals surface area contributed by atoms with Crippen LogP contribution in [0, 0.1) is 0 Å². The van der Waals surface area contributed by atoms with E-state index in [0.29, 0.717) is 11.2 Å². The van der Waals surface area contributed by atoms with Gasteiger partial charge >= 0.3 is 0 Å². The number of aromatic nitrogens is 2. The van der Waals surface area contributed by atoms with Crippen LogP contribution >= 0.6 is 11.6 Å². The Morgan fingerprint density at radius 1 is 1.17 bits per heavy atom. The molecule has 1 aliphatic heterocycles. The highest BCUT2D eigenvalue weighted by molar-refractivity contribution is 6.32. The number of methoxy groups -OCH3 is 1. The number of piperidine rings is 1. The highest BCUT2D eigenvalue weighted by atomic mass is 35.5. The number of rotatable bonds is 5. The first-order valence-electron chi connectivity index (χ1n) is 8.05. The summed E-state index contributed by atoms with van der Waals surface area (Å²) >= 11 is 6.10. The lowest BCUT2D eigenvalue weighted by atomic mass is 10.0. The summed E-state index contributed by atoms with van der Waals surface area (Å²) in [5.41, 5.74) is 1.98. The SMILES string of the molecule is CNc1c(Cl)ncnc1NC1CCN(c2ccc(OC)cc2)CC1. The summed E-state index contributed by atoms with van der Waals surface area (Å²) in [4.78, 5) is 10.7. The Labute approximate surface area is 147 Å². The zero-order chi connectivity index (χ0) is 16.9. The van der Waals surface area contributed by atoms with Gasteiger partial charge in [0, 0.05) is 31.9 Å². The summed E-state index contributed by atoms with van der Waals surface area (Å²) < 4.78 is 5.21. The average Bonchev–Trinajstić information content (AvgIpc) is 2.63. The van der Waals surface area contributed by atoms with Gasteiger partial charge in [-0.2, -0.15) is 0 Å². The van der Waals surface area contributed by atoms with Gasteiger partial charge in [0.15, 0.2) is 11.0 Å². The first kappa shape index (κ1) is 16.6. The number of nitrogens with zero attached hydrogens (tertiary/aromatic N) is 3. The van der Waals surface area contributed by atoms with Crippen LogP contribution in [-0.2, 0) is 0 Å². The quantitative estimate of drug-likeness (QED) is 0.809. The van der Waals surface area contributed by atoms with E-state index in [0.717, 1.165) is 43.2 Å². The lowest BCUT2D eigenvalue weighted by Gasteiger charge is -2.34. The van der Waals surface area contributed by atoms with Gasteiger partial charge in [0.25, 0.3) is 0 Å². The van der Waals surface area contributed by atoms with Gasteiger partial charge in [-0.15, -0.1) is 0 Å². The molecule has 1 aromatic carbocycles. The molecule has 6 nitrogen and oxygen atoms in total. The molecule has 0 spiro atoms. The Balaban J connectivity index is 1.60. The molecule has 0 unspecified atom stereocenters. The fourth-order valence-corrected chi connectivity index (χ4v) is 3.19. The number of benzene rings is 1. The van der Waals surface area contributed by atoms with Crippen LogP contribution in [0.2, 0.25) is 5.15 Å². The molecule has 0 atom stereocenters. The first-order valence-corrected chi connectivity index (χ1v) is 8.43. The van der Waals surface area contributed by atoms with Crippen LogP contribution in [0.3, 0.4) is 0 Å². The van der Waals surface area contributed by atoms with Gasteiger partial charge in [0.05, 0.1) is 7.11 Å². The van der Waals surface area contributed by atoms with Gasteiger partial charge in [-0.05, 0) is 37.1 Å². The van der Waals surface area contributed by atoms with E-state index in [1.54, 1.807) is 7.11 Å². The van der Waals surface area contributed by atoms with Crippen LogP contribution in [0.5, 0.6) is 5.75 Å². The summed E-state index contributed by atoms with van der Waals surface area (Å²) in [6.07, 6.45) is 3.56. The average molecular weight is 348 g/mol. The van der Waals surface area contributed by atoms with Gasteiger partial charge in [-0.1, -0.05) is 11.6 Å². The van der Waals surface area contributed by atoms with Gasteiger partial charge < -0.3 is 20.3 Å². The van der Waals surface area contributed by atoms with E-state index in [9.17, 15) is 0 Å². The third kappa shape index (κ3) is 3.64. The smallest absolute Gasteiger partial charge is 0.157 e. The predicted molar refractivity (Wildman–Crippen MR) is 98.4 cm³/mol. The van der Waals surface area contributed by atoms with E-state index in [1.807, 2.05) is 19.2 Å². The molecule has 1 fully saturated rings. The lowest BCUT2D eigenvalue weighted by molar-refractivity contribution is 0.414. The van der Waals surface area contributed by atoms with Crippen LogP contribution in [0.15, 0.2) is 30.6 Å². The van der Waals surface area contributed by atoms with E-state index in [2.05, 4.69) is 37.6 Å². The number of halogens is 1. The molecule has 128 valence electrons. The molecule has 7 heteroatoms. The molecular formula is C17H22ClN5O. The summed E-state index contributed by atoms with van der Waals surface area (Å²) in [6, 6.07) is 8.59. The van der Waals surface area contributed by atoms with Crippen molar-refractivity contribution in [2.24, 2.45) is 0 Å². The van der Waals surface area contributed by atoms with Crippen LogP contribution in [0.25, 0.3) is 0 Å². The highest BCUT2D eigenvalue weighted by Crippen LogP contribution is 2.28. The molecule has 0 aliphatic carbocycles. The zero-order valence-electron chi connectivity index (χ0n) is 13.9. The Hall–Kier alpha value is -2.21. The van der Waals surface area contributed by atoms with E-state index in [4.69, 9.17) is 16.3 Å². The molecule has 1 aliphatic rings. The molecule has 0 bridgehead atoms. The Bertz CT molecular complexity index is 671. The second-order valence-electron chi connectivity index (χ2n) is 5.74. The molecule has 1 saturated heterocycles. The van der Waals surface area contributed by atoms with Crippen LogP contribution < -0.4 is 20.3 Å². The third-order valence-corrected chi connectivity index (χ3v) is 4.61. The minimum Gasteiger partial charge on any atom is -0.497 e. The zero-order valence-corrected chi connectivity index (χ0v) is 14.7. The number of nitrogens with one attached hydrogen (secondary N) is 2. The molecule has 0 saturated carbocycles. The van der Waals surface area contributed by atoms with Crippen LogP contribution in [-0.4, -0.2) is 43.3 Å². The molecule has 2 heterocycles. The third-order valence-electron chi connectivity index (χ3n) is 4.32. The topological polar surface area (TPSA) is 62.3 Å². The summed E-state index contributed by atoms with van der Waals surface area (Å²) in [5.74, 6) is 1.65. The number of ether oxygens (including phenoxy) is 1. The van der Waals surface area contributed by atoms with Crippen molar-refractivity contribution in [3.63, 3.8) is 0 Å². The molecule has 2 N–H and O–H groups in total. The maximum atomic E-state index is 6.10. The number of hydrogen-bond donors (Lipinski definition) is 2. The van der Waals surface area contributed by atoms with Gasteiger partial charge in [0.2, 0.25) is 0 Å².